The number of aryl methyl sites for hydroxylation is 1. The lowest BCUT2D eigenvalue weighted by atomic mass is 9.71. The Morgan fingerprint density at radius 2 is 1.58 bits per heavy atom. The summed E-state index contributed by atoms with van der Waals surface area (Å²) in [7, 11) is 0. The number of benzene rings is 1. The van der Waals surface area contributed by atoms with Gasteiger partial charge in [-0.15, -0.1) is 0 Å². The summed E-state index contributed by atoms with van der Waals surface area (Å²) in [6.45, 7) is -0.796. The number of hydrogen-bond donors (Lipinski definition) is 5. The first-order valence-electron chi connectivity index (χ1n) is 16.7. The quantitative estimate of drug-likeness (QED) is 0.219. The van der Waals surface area contributed by atoms with Gasteiger partial charge in [-0.05, 0) is 69.6 Å². The number of likely N-dealkylation sites (tertiary alicyclic amines) is 1. The van der Waals surface area contributed by atoms with Crippen molar-refractivity contribution in [1.29, 1.82) is 0 Å². The van der Waals surface area contributed by atoms with Crippen LogP contribution in [0, 0.1) is 18.2 Å². The van der Waals surface area contributed by atoms with Crippen LogP contribution in [0.2, 0.25) is 5.02 Å². The van der Waals surface area contributed by atoms with E-state index in [1.165, 1.54) is 23.6 Å². The molecule has 278 valence electrons. The van der Waals surface area contributed by atoms with Crippen molar-refractivity contribution in [2.45, 2.75) is 76.7 Å². The van der Waals surface area contributed by atoms with Crippen LogP contribution in [-0.2, 0) is 9.53 Å². The zero-order valence-electron chi connectivity index (χ0n) is 28.0. The number of nitrogens with two attached hydrogens (primary N) is 1. The van der Waals surface area contributed by atoms with Crippen LogP contribution >= 0.6 is 11.6 Å². The molecule has 2 aliphatic carbocycles. The number of carbonyl (C=O) groups excluding carboxylic acids is 5. The number of rotatable bonds is 9. The van der Waals surface area contributed by atoms with Gasteiger partial charge in [-0.25, -0.2) is 14.4 Å². The summed E-state index contributed by atoms with van der Waals surface area (Å²) < 4.78 is 42.9. The van der Waals surface area contributed by atoms with Crippen molar-refractivity contribution in [3.8, 4) is 0 Å². The van der Waals surface area contributed by atoms with E-state index in [2.05, 4.69) is 35.3 Å². The van der Waals surface area contributed by atoms with Gasteiger partial charge in [0.1, 0.15) is 17.2 Å². The minimum absolute atomic E-state index is 0.00170. The van der Waals surface area contributed by atoms with Crippen molar-refractivity contribution >= 4 is 46.8 Å². The molecule has 2 saturated heterocycles. The lowest BCUT2D eigenvalue weighted by Crippen LogP contribution is -2.55. The molecule has 6 N–H and O–H groups in total. The maximum atomic E-state index is 13.8. The number of aromatic nitrogens is 4. The van der Waals surface area contributed by atoms with Crippen LogP contribution in [0.25, 0.3) is 0 Å². The van der Waals surface area contributed by atoms with E-state index < -0.39 is 41.7 Å². The monoisotopic (exact) mass is 747 g/mol. The lowest BCUT2D eigenvalue weighted by molar-refractivity contribution is -0.189. The number of halogens is 4. The fourth-order valence-corrected chi connectivity index (χ4v) is 6.95. The molecule has 0 unspecified atom stereocenters. The number of H-pyrrole nitrogens is 2. The number of aromatic amines is 2. The number of hydrogen-bond acceptors (Lipinski definition) is 8. The van der Waals surface area contributed by atoms with Crippen LogP contribution in [-0.4, -0.2) is 98.8 Å². The molecule has 19 heteroatoms. The standard InChI is InChI=1S/C25H27ClF3N5O4.C8H10N4O2/c1-13-8-18(16(26)9-17(13)27)34-7-6-25(23(34)37)4-2-14(3-5-25)32-21(35)19-20(31-12-30-19)22(36)33-10-15(11-33)38-24(28)29;9-7(13)5-6(11-3-10-5)8(14)12-4-1-2-4/h8-9,12,14-15,24H,2-7,10-11H2,1H3,(H,30,31)(H,32,35);3-4H,1-2H2,(H2,9,13)(H,10,11)(H,12,14). The second-order valence-electron chi connectivity index (χ2n) is 13.4. The van der Waals surface area contributed by atoms with Crippen molar-refractivity contribution in [3.63, 3.8) is 0 Å². The number of nitrogens with zero attached hydrogens (tertiary/aromatic N) is 4. The Kier molecular flexibility index (Phi) is 10.6. The molecule has 0 radical (unpaired) electrons. The molecule has 7 rings (SSSR count). The maximum Gasteiger partial charge on any atom is 0.345 e. The first kappa shape index (κ1) is 36.8. The van der Waals surface area contributed by atoms with E-state index in [1.807, 2.05) is 0 Å². The Hall–Kier alpha value is -4.97. The molecule has 15 nitrogen and oxygen atoms in total. The number of ether oxygens (including phenoxy) is 1. The number of alkyl halides is 2. The summed E-state index contributed by atoms with van der Waals surface area (Å²) in [6.07, 6.45) is 6.66. The molecular formula is C33H37ClF3N9O6. The van der Waals surface area contributed by atoms with Gasteiger partial charge in [-0.2, -0.15) is 8.78 Å². The van der Waals surface area contributed by atoms with Crippen LogP contribution < -0.4 is 21.3 Å². The van der Waals surface area contributed by atoms with Crippen LogP contribution in [0.3, 0.4) is 0 Å². The summed E-state index contributed by atoms with van der Waals surface area (Å²) >= 11 is 6.24. The van der Waals surface area contributed by atoms with Crippen molar-refractivity contribution in [2.24, 2.45) is 11.1 Å². The van der Waals surface area contributed by atoms with E-state index in [1.54, 1.807) is 17.9 Å². The van der Waals surface area contributed by atoms with Crippen LogP contribution in [0.15, 0.2) is 24.8 Å². The first-order chi connectivity index (χ1) is 24.8. The summed E-state index contributed by atoms with van der Waals surface area (Å²) in [5.74, 6) is -2.53. The predicted octanol–water partition coefficient (Wildman–Crippen LogP) is 3.07. The topological polar surface area (TPSA) is 208 Å². The van der Waals surface area contributed by atoms with Crippen molar-refractivity contribution in [2.75, 3.05) is 24.5 Å². The highest BCUT2D eigenvalue weighted by Gasteiger charge is 2.49. The van der Waals surface area contributed by atoms with Gasteiger partial charge in [-0.1, -0.05) is 11.6 Å². The summed E-state index contributed by atoms with van der Waals surface area (Å²) in [5, 5.41) is 5.84. The second-order valence-corrected chi connectivity index (χ2v) is 13.8. The van der Waals surface area contributed by atoms with Crippen molar-refractivity contribution < 1.29 is 41.9 Å². The minimum Gasteiger partial charge on any atom is -0.364 e. The number of anilines is 1. The van der Waals surface area contributed by atoms with Gasteiger partial charge >= 0.3 is 6.61 Å². The molecule has 0 atom stereocenters. The van der Waals surface area contributed by atoms with Gasteiger partial charge < -0.3 is 40.9 Å². The summed E-state index contributed by atoms with van der Waals surface area (Å²) in [5.41, 5.74) is 5.45. The van der Waals surface area contributed by atoms with E-state index in [0.717, 1.165) is 12.8 Å². The third-order valence-corrected chi connectivity index (χ3v) is 10.1. The van der Waals surface area contributed by atoms with Gasteiger partial charge in [0.05, 0.1) is 34.9 Å². The van der Waals surface area contributed by atoms with E-state index in [-0.39, 0.29) is 64.8 Å². The lowest BCUT2D eigenvalue weighted by Gasteiger charge is -2.38. The molecule has 0 bridgehead atoms. The highest BCUT2D eigenvalue weighted by molar-refractivity contribution is 6.34. The van der Waals surface area contributed by atoms with Crippen LogP contribution in [0.4, 0.5) is 18.9 Å². The number of primary amides is 1. The normalized spacial score (nSPS) is 21.5. The highest BCUT2D eigenvalue weighted by atomic mass is 35.5. The first-order valence-corrected chi connectivity index (χ1v) is 17.1. The van der Waals surface area contributed by atoms with Crippen LogP contribution in [0.1, 0.15) is 92.5 Å². The number of nitrogens with one attached hydrogen (secondary N) is 4. The fourth-order valence-electron chi connectivity index (χ4n) is 6.69. The molecule has 2 aliphatic heterocycles. The molecule has 2 aromatic heterocycles. The Labute approximate surface area is 300 Å². The Balaban J connectivity index is 0.000000276. The smallest absolute Gasteiger partial charge is 0.345 e. The molecule has 4 fully saturated rings. The maximum absolute atomic E-state index is 13.8. The van der Waals surface area contributed by atoms with Gasteiger partial charge in [0.2, 0.25) is 5.91 Å². The predicted molar refractivity (Wildman–Crippen MR) is 178 cm³/mol. The zero-order chi connectivity index (χ0) is 37.3. The number of carbonyl (C=O) groups is 5. The zero-order valence-corrected chi connectivity index (χ0v) is 28.8. The Morgan fingerprint density at radius 3 is 2.21 bits per heavy atom. The molecule has 4 aliphatic rings. The van der Waals surface area contributed by atoms with E-state index in [0.29, 0.717) is 49.9 Å². The number of amides is 5. The second kappa shape index (κ2) is 14.9. The molecular weight excluding hydrogens is 711 g/mol. The average Bonchev–Trinajstić information content (AvgIpc) is 3.44. The highest BCUT2D eigenvalue weighted by Crippen LogP contribution is 2.47. The van der Waals surface area contributed by atoms with E-state index in [4.69, 9.17) is 17.3 Å². The third kappa shape index (κ3) is 7.77. The van der Waals surface area contributed by atoms with Gasteiger partial charge in [-0.3, -0.25) is 24.0 Å². The largest absolute Gasteiger partial charge is 0.364 e. The van der Waals surface area contributed by atoms with Crippen LogP contribution in [0.5, 0.6) is 0 Å². The van der Waals surface area contributed by atoms with Crippen molar-refractivity contribution in [3.05, 3.63) is 64.0 Å². The SMILES string of the molecule is Cc1cc(N2CCC3(CCC(NC(=O)c4nc[nH]c4C(=O)N4CC(OC(F)F)C4)CC3)C2=O)c(Cl)cc1F.NC(=O)c1nc[nH]c1C(=O)NC1CC1. The molecule has 52 heavy (non-hydrogen) atoms. The van der Waals surface area contributed by atoms with Gasteiger partial charge in [0.25, 0.3) is 23.6 Å². The summed E-state index contributed by atoms with van der Waals surface area (Å²) in [6, 6.07) is 2.85. The van der Waals surface area contributed by atoms with Gasteiger partial charge in [0.15, 0.2) is 11.4 Å². The molecule has 5 amide bonds. The average molecular weight is 748 g/mol. The molecule has 3 aromatic rings. The van der Waals surface area contributed by atoms with Crippen molar-refractivity contribution in [1.82, 2.24) is 35.5 Å². The van der Waals surface area contributed by atoms with E-state index >= 15 is 0 Å². The molecule has 1 aromatic carbocycles. The minimum atomic E-state index is -2.91. The van der Waals surface area contributed by atoms with Gasteiger partial charge in [0, 0.05) is 31.7 Å². The molecule has 1 spiro atoms. The Morgan fingerprint density at radius 1 is 0.962 bits per heavy atom. The number of imidazole rings is 2. The van der Waals surface area contributed by atoms with E-state index in [9.17, 15) is 37.1 Å². The third-order valence-electron chi connectivity index (χ3n) is 9.82. The summed E-state index contributed by atoms with van der Waals surface area (Å²) in [4.78, 5) is 77.3. The fraction of sp³-hybridized carbons (Fsp3) is 0.485. The Bertz CT molecular complexity index is 1870. The molecule has 2 saturated carbocycles. The molecule has 4 heterocycles.